The van der Waals surface area contributed by atoms with Crippen LogP contribution in [-0.2, 0) is 16.4 Å². The molecule has 0 fully saturated rings. The van der Waals surface area contributed by atoms with Crippen molar-refractivity contribution >= 4 is 43.6 Å². The summed E-state index contributed by atoms with van der Waals surface area (Å²) in [4.78, 5) is 28.1. The summed E-state index contributed by atoms with van der Waals surface area (Å²) in [5.41, 5.74) is 1.64. The molecule has 3 aromatic heterocycles. The monoisotopic (exact) mass is 604 g/mol. The number of pyridine rings is 1. The Bertz CT molecular complexity index is 2140. The summed E-state index contributed by atoms with van der Waals surface area (Å²) < 4.78 is 71.5. The first-order valence-electron chi connectivity index (χ1n) is 13.1. The molecule has 0 aliphatic heterocycles. The number of rotatable bonds is 9. The number of hydrogen-bond acceptors (Lipinski definition) is 6. The topological polar surface area (TPSA) is 133 Å². The Hall–Kier alpha value is -5.01. The summed E-state index contributed by atoms with van der Waals surface area (Å²) in [6.07, 6.45) is 3.62. The van der Waals surface area contributed by atoms with Gasteiger partial charge in [0.15, 0.2) is 5.82 Å². The maximum absolute atomic E-state index is 15.6. The second-order valence-electron chi connectivity index (χ2n) is 9.77. The lowest BCUT2D eigenvalue weighted by Crippen LogP contribution is -2.16. The molecule has 0 atom stereocenters. The highest BCUT2D eigenvalue weighted by Crippen LogP contribution is 2.31. The normalized spacial score (nSPS) is 11.8. The SMILES string of the molecule is CNCCc1nc2ccc(-c3cnc4[nH]cc(C(=O)c5c(F)ccc(NS(=O)(=O)c6cccc(F)c6)c5F)c4c3)cc2[nH]1. The van der Waals surface area contributed by atoms with Gasteiger partial charge in [0, 0.05) is 41.9 Å². The van der Waals surface area contributed by atoms with E-state index in [4.69, 9.17) is 0 Å². The number of hydrogen-bond donors (Lipinski definition) is 4. The lowest BCUT2D eigenvalue weighted by atomic mass is 9.99. The van der Waals surface area contributed by atoms with Crippen molar-refractivity contribution in [1.82, 2.24) is 25.3 Å². The van der Waals surface area contributed by atoms with Crippen molar-refractivity contribution in [3.05, 3.63) is 107 Å². The number of carbonyl (C=O) groups is 1. The Kier molecular flexibility index (Phi) is 7.20. The van der Waals surface area contributed by atoms with Gasteiger partial charge in [-0.1, -0.05) is 12.1 Å². The number of aromatic nitrogens is 4. The molecule has 0 saturated heterocycles. The number of fused-ring (bicyclic) bond motifs is 2. The lowest BCUT2D eigenvalue weighted by molar-refractivity contribution is 0.103. The van der Waals surface area contributed by atoms with Crippen LogP contribution in [-0.4, -0.2) is 47.7 Å². The number of imidazole rings is 1. The number of aromatic amines is 2. The number of anilines is 1. The Morgan fingerprint density at radius 3 is 2.63 bits per heavy atom. The van der Waals surface area contributed by atoms with Crippen molar-refractivity contribution in [3.8, 4) is 11.1 Å². The number of carbonyl (C=O) groups excluding carboxylic acids is 1. The van der Waals surface area contributed by atoms with Crippen molar-refractivity contribution in [2.24, 2.45) is 0 Å². The van der Waals surface area contributed by atoms with Gasteiger partial charge in [-0.05, 0) is 61.1 Å². The van der Waals surface area contributed by atoms with Crippen LogP contribution in [0.2, 0.25) is 0 Å². The Labute approximate surface area is 243 Å². The third-order valence-electron chi connectivity index (χ3n) is 6.92. The zero-order valence-electron chi connectivity index (χ0n) is 22.5. The molecule has 9 nitrogen and oxygen atoms in total. The number of nitrogens with one attached hydrogen (secondary N) is 4. The van der Waals surface area contributed by atoms with Crippen LogP contribution in [0.25, 0.3) is 33.2 Å². The first-order chi connectivity index (χ1) is 20.6. The van der Waals surface area contributed by atoms with Crippen LogP contribution in [0.4, 0.5) is 18.9 Å². The van der Waals surface area contributed by atoms with E-state index in [1.807, 2.05) is 30.0 Å². The second-order valence-corrected chi connectivity index (χ2v) is 11.4. The third-order valence-corrected chi connectivity index (χ3v) is 8.28. The van der Waals surface area contributed by atoms with E-state index in [0.29, 0.717) is 16.6 Å². The minimum absolute atomic E-state index is 0.0655. The largest absolute Gasteiger partial charge is 0.345 e. The first kappa shape index (κ1) is 28.1. The highest BCUT2D eigenvalue weighted by Gasteiger charge is 2.27. The summed E-state index contributed by atoms with van der Waals surface area (Å²) in [6.45, 7) is 0.764. The Morgan fingerprint density at radius 1 is 1.00 bits per heavy atom. The molecule has 0 saturated carbocycles. The van der Waals surface area contributed by atoms with E-state index in [1.165, 1.54) is 12.3 Å². The number of nitrogens with zero attached hydrogens (tertiary/aromatic N) is 2. The van der Waals surface area contributed by atoms with E-state index < -0.39 is 49.4 Å². The summed E-state index contributed by atoms with van der Waals surface area (Å²) >= 11 is 0. The molecule has 4 N–H and O–H groups in total. The standard InChI is InChI=1S/C30H23F3N6O3S/c1-34-10-9-26-37-23-7-5-16(12-25(23)38-26)17-11-20-21(15-36-30(20)35-14-17)29(40)27-22(32)6-8-24(28(27)33)39-43(41,42)19-4-2-3-18(31)13-19/h2-8,11-15,34,39H,9-10H2,1H3,(H,35,36)(H,37,38). The maximum Gasteiger partial charge on any atom is 0.262 e. The lowest BCUT2D eigenvalue weighted by Gasteiger charge is -2.12. The number of sulfonamides is 1. The quantitative estimate of drug-likeness (QED) is 0.165. The van der Waals surface area contributed by atoms with Gasteiger partial charge < -0.3 is 15.3 Å². The summed E-state index contributed by atoms with van der Waals surface area (Å²) in [5.74, 6) is -3.61. The van der Waals surface area contributed by atoms with Crippen molar-refractivity contribution in [3.63, 3.8) is 0 Å². The molecule has 218 valence electrons. The minimum atomic E-state index is -4.45. The first-order valence-corrected chi connectivity index (χ1v) is 14.5. The fraction of sp³-hybridized carbons (Fsp3) is 0.100. The third kappa shape index (κ3) is 5.35. The molecule has 0 aliphatic rings. The average Bonchev–Trinajstić information content (AvgIpc) is 3.60. The van der Waals surface area contributed by atoms with Crippen LogP contribution in [0, 0.1) is 17.5 Å². The highest BCUT2D eigenvalue weighted by atomic mass is 32.2. The highest BCUT2D eigenvalue weighted by molar-refractivity contribution is 7.92. The number of likely N-dealkylation sites (N-methyl/N-ethyl adjacent to an activating group) is 1. The Morgan fingerprint density at radius 2 is 1.84 bits per heavy atom. The van der Waals surface area contributed by atoms with E-state index in [0.717, 1.165) is 65.7 Å². The molecule has 43 heavy (non-hydrogen) atoms. The zero-order valence-corrected chi connectivity index (χ0v) is 23.3. The molecule has 0 unspecified atom stereocenters. The van der Waals surface area contributed by atoms with Crippen LogP contribution in [0.3, 0.4) is 0 Å². The number of ketones is 1. The molecular weight excluding hydrogens is 581 g/mol. The number of H-pyrrole nitrogens is 2. The van der Waals surface area contributed by atoms with Crippen LogP contribution < -0.4 is 10.0 Å². The van der Waals surface area contributed by atoms with Gasteiger partial charge in [0.1, 0.15) is 23.1 Å². The van der Waals surface area contributed by atoms with Gasteiger partial charge >= 0.3 is 0 Å². The fourth-order valence-corrected chi connectivity index (χ4v) is 5.86. The second kappa shape index (κ2) is 11.0. The van der Waals surface area contributed by atoms with E-state index in [2.05, 4.69) is 25.3 Å². The summed E-state index contributed by atoms with van der Waals surface area (Å²) in [7, 11) is -2.59. The number of halogens is 3. The molecule has 13 heteroatoms. The van der Waals surface area contributed by atoms with Crippen LogP contribution in [0.1, 0.15) is 21.7 Å². The van der Waals surface area contributed by atoms with Gasteiger partial charge in [0.2, 0.25) is 5.78 Å². The van der Waals surface area contributed by atoms with Crippen molar-refractivity contribution in [1.29, 1.82) is 0 Å². The fourth-order valence-electron chi connectivity index (χ4n) is 4.76. The van der Waals surface area contributed by atoms with Gasteiger partial charge in [-0.25, -0.2) is 31.6 Å². The van der Waals surface area contributed by atoms with Gasteiger partial charge in [-0.2, -0.15) is 0 Å². The van der Waals surface area contributed by atoms with Crippen LogP contribution >= 0.6 is 0 Å². The average molecular weight is 605 g/mol. The summed E-state index contributed by atoms with van der Waals surface area (Å²) in [5, 5.41) is 3.39. The maximum atomic E-state index is 15.6. The van der Waals surface area contributed by atoms with Gasteiger partial charge in [-0.3, -0.25) is 9.52 Å². The molecule has 0 spiro atoms. The van der Waals surface area contributed by atoms with Crippen molar-refractivity contribution in [2.45, 2.75) is 11.3 Å². The predicted molar refractivity (Wildman–Crippen MR) is 156 cm³/mol. The molecule has 6 aromatic rings. The molecular formula is C30H23F3N6O3S. The molecule has 0 aliphatic carbocycles. The molecule has 0 radical (unpaired) electrons. The van der Waals surface area contributed by atoms with E-state index in [9.17, 15) is 22.0 Å². The predicted octanol–water partition coefficient (Wildman–Crippen LogP) is 5.32. The van der Waals surface area contributed by atoms with E-state index >= 15 is 4.39 Å². The molecule has 3 heterocycles. The smallest absolute Gasteiger partial charge is 0.262 e. The summed E-state index contributed by atoms with van der Waals surface area (Å²) in [6, 6.07) is 13.0. The van der Waals surface area contributed by atoms with Gasteiger partial charge in [-0.15, -0.1) is 0 Å². The van der Waals surface area contributed by atoms with Crippen LogP contribution in [0.5, 0.6) is 0 Å². The van der Waals surface area contributed by atoms with Crippen LogP contribution in [0.15, 0.2) is 78.0 Å². The van der Waals surface area contributed by atoms with Gasteiger partial charge in [0.05, 0.1) is 27.2 Å². The molecule has 0 bridgehead atoms. The van der Waals surface area contributed by atoms with E-state index in [-0.39, 0.29) is 5.56 Å². The zero-order chi connectivity index (χ0) is 30.3. The van der Waals surface area contributed by atoms with Gasteiger partial charge in [0.25, 0.3) is 10.0 Å². The molecule has 6 rings (SSSR count). The molecule has 0 amide bonds. The van der Waals surface area contributed by atoms with E-state index in [1.54, 1.807) is 12.3 Å². The molecule has 3 aromatic carbocycles. The Balaban J connectivity index is 1.35. The number of benzene rings is 3. The van der Waals surface area contributed by atoms with Crippen molar-refractivity contribution < 1.29 is 26.4 Å². The van der Waals surface area contributed by atoms with Crippen molar-refractivity contribution in [2.75, 3.05) is 18.3 Å². The minimum Gasteiger partial charge on any atom is -0.345 e.